The van der Waals surface area contributed by atoms with Crippen molar-refractivity contribution in [1.82, 2.24) is 19.7 Å². The highest BCUT2D eigenvalue weighted by atomic mass is 32.1. The van der Waals surface area contributed by atoms with Crippen LogP contribution in [0.5, 0.6) is 0 Å². The summed E-state index contributed by atoms with van der Waals surface area (Å²) >= 11 is 1.35. The number of aromatic nitrogens is 4. The number of rotatable bonds is 4. The minimum Gasteiger partial charge on any atom is -0.378 e. The van der Waals surface area contributed by atoms with E-state index in [1.165, 1.54) is 16.0 Å². The van der Waals surface area contributed by atoms with Crippen molar-refractivity contribution < 1.29 is 4.79 Å². The Kier molecular flexibility index (Phi) is 4.33. The molecule has 3 aromatic heterocycles. The van der Waals surface area contributed by atoms with Gasteiger partial charge in [-0.05, 0) is 30.3 Å². The third kappa shape index (κ3) is 3.39. The summed E-state index contributed by atoms with van der Waals surface area (Å²) in [6, 6.07) is 13.8. The molecule has 0 spiro atoms. The minimum atomic E-state index is -0.242. The molecule has 8 heteroatoms. The van der Waals surface area contributed by atoms with Crippen molar-refractivity contribution >= 4 is 38.4 Å². The Bertz CT molecular complexity index is 1110. The number of amides is 1. The van der Waals surface area contributed by atoms with Gasteiger partial charge < -0.3 is 4.90 Å². The Hall–Kier alpha value is -3.26. The molecule has 136 valence electrons. The maximum absolute atomic E-state index is 12.3. The van der Waals surface area contributed by atoms with Crippen LogP contribution in [0.2, 0.25) is 0 Å². The molecule has 4 rings (SSSR count). The monoisotopic (exact) mass is 378 g/mol. The molecule has 1 N–H and O–H groups in total. The van der Waals surface area contributed by atoms with Crippen molar-refractivity contribution in [2.24, 2.45) is 7.05 Å². The first kappa shape index (κ1) is 17.2. The molecule has 0 aliphatic carbocycles. The Morgan fingerprint density at radius 3 is 2.52 bits per heavy atom. The molecule has 27 heavy (non-hydrogen) atoms. The topological polar surface area (TPSA) is 75.9 Å². The van der Waals surface area contributed by atoms with Gasteiger partial charge in [-0.25, -0.2) is 9.97 Å². The average molecular weight is 378 g/mol. The predicted molar refractivity (Wildman–Crippen MR) is 108 cm³/mol. The van der Waals surface area contributed by atoms with Crippen molar-refractivity contribution in [1.29, 1.82) is 0 Å². The zero-order chi connectivity index (χ0) is 19.0. The number of nitrogens with zero attached hydrogens (tertiary/aromatic N) is 5. The predicted octanol–water partition coefficient (Wildman–Crippen LogP) is 3.41. The fraction of sp³-hybridized carbons (Fsp3) is 0.158. The highest BCUT2D eigenvalue weighted by molar-refractivity contribution is 7.22. The molecule has 0 atom stereocenters. The molecule has 0 radical (unpaired) electrons. The van der Waals surface area contributed by atoms with E-state index in [-0.39, 0.29) is 5.91 Å². The lowest BCUT2D eigenvalue weighted by Gasteiger charge is -2.12. The number of carbonyl (C=O) groups excluding carboxylic acids is 1. The van der Waals surface area contributed by atoms with E-state index in [1.807, 2.05) is 26.2 Å². The lowest BCUT2D eigenvalue weighted by Crippen LogP contribution is -2.15. The van der Waals surface area contributed by atoms with Crippen molar-refractivity contribution in [3.05, 3.63) is 54.4 Å². The van der Waals surface area contributed by atoms with E-state index in [0.29, 0.717) is 10.8 Å². The Balaban J connectivity index is 1.60. The van der Waals surface area contributed by atoms with Crippen molar-refractivity contribution in [2.75, 3.05) is 24.3 Å². The molecular formula is C19H18N6OS. The lowest BCUT2D eigenvalue weighted by molar-refractivity contribution is 0.101. The van der Waals surface area contributed by atoms with Crippen molar-refractivity contribution in [3.63, 3.8) is 0 Å². The molecule has 4 aromatic rings. The summed E-state index contributed by atoms with van der Waals surface area (Å²) in [4.78, 5) is 24.3. The van der Waals surface area contributed by atoms with E-state index < -0.39 is 0 Å². The molecule has 0 aliphatic rings. The number of aryl methyl sites for hydroxylation is 1. The first-order valence-electron chi connectivity index (χ1n) is 8.36. The van der Waals surface area contributed by atoms with Crippen LogP contribution in [0.3, 0.4) is 0 Å². The van der Waals surface area contributed by atoms with Gasteiger partial charge in [-0.2, -0.15) is 5.10 Å². The number of hydrogen-bond donors (Lipinski definition) is 1. The van der Waals surface area contributed by atoms with Gasteiger partial charge in [-0.15, -0.1) is 0 Å². The molecule has 0 saturated heterocycles. The lowest BCUT2D eigenvalue weighted by atomic mass is 10.1. The molecular weight excluding hydrogens is 360 g/mol. The fourth-order valence-corrected chi connectivity index (χ4v) is 3.55. The summed E-state index contributed by atoms with van der Waals surface area (Å²) in [5.74, 6) is -0.242. The minimum absolute atomic E-state index is 0.242. The van der Waals surface area contributed by atoms with E-state index in [9.17, 15) is 4.79 Å². The zero-order valence-electron chi connectivity index (χ0n) is 15.2. The van der Waals surface area contributed by atoms with Crippen LogP contribution in [0.25, 0.3) is 21.6 Å². The molecule has 0 bridgehead atoms. The highest BCUT2D eigenvalue weighted by Gasteiger charge is 2.14. The molecule has 1 aromatic carbocycles. The number of anilines is 2. The van der Waals surface area contributed by atoms with E-state index in [1.54, 1.807) is 19.3 Å². The van der Waals surface area contributed by atoms with Gasteiger partial charge in [0.05, 0.1) is 5.69 Å². The number of carbonyl (C=O) groups is 1. The van der Waals surface area contributed by atoms with Crippen LogP contribution in [-0.4, -0.2) is 39.8 Å². The molecule has 7 nitrogen and oxygen atoms in total. The Morgan fingerprint density at radius 1 is 1.07 bits per heavy atom. The van der Waals surface area contributed by atoms with Gasteiger partial charge >= 0.3 is 0 Å². The second-order valence-corrected chi connectivity index (χ2v) is 7.25. The van der Waals surface area contributed by atoms with Gasteiger partial charge in [0.15, 0.2) is 5.13 Å². The third-order valence-electron chi connectivity index (χ3n) is 4.21. The largest absolute Gasteiger partial charge is 0.378 e. The smallest absolute Gasteiger partial charge is 0.275 e. The standard InChI is InChI=1S/C19H18N6OS/c1-24(2)13-6-4-12(5-7-13)14-8-9-15-18(21-14)27-19(22-15)23-17(26)16-10-11-20-25(16)3/h4-11H,1-3H3,(H,22,23,26). The van der Waals surface area contributed by atoms with Gasteiger partial charge in [-0.1, -0.05) is 23.5 Å². The normalized spacial score (nSPS) is 10.9. The number of nitrogens with one attached hydrogen (secondary N) is 1. The Morgan fingerprint density at radius 2 is 1.85 bits per heavy atom. The fourth-order valence-electron chi connectivity index (χ4n) is 2.72. The number of pyridine rings is 1. The average Bonchev–Trinajstić information content (AvgIpc) is 3.26. The SMILES string of the molecule is CN(C)c1ccc(-c2ccc3nc(NC(=O)c4ccnn4C)sc3n2)cc1. The van der Waals surface area contributed by atoms with Crippen LogP contribution >= 0.6 is 11.3 Å². The molecule has 0 saturated carbocycles. The van der Waals surface area contributed by atoms with Crippen LogP contribution in [0.4, 0.5) is 10.8 Å². The third-order valence-corrected chi connectivity index (χ3v) is 5.09. The maximum Gasteiger partial charge on any atom is 0.275 e. The summed E-state index contributed by atoms with van der Waals surface area (Å²) in [6.45, 7) is 0. The zero-order valence-corrected chi connectivity index (χ0v) is 16.0. The summed E-state index contributed by atoms with van der Waals surface area (Å²) < 4.78 is 1.52. The maximum atomic E-state index is 12.3. The van der Waals surface area contributed by atoms with Crippen molar-refractivity contribution in [2.45, 2.75) is 0 Å². The second kappa shape index (κ2) is 6.81. The molecule has 0 fully saturated rings. The first-order chi connectivity index (χ1) is 13.0. The first-order valence-corrected chi connectivity index (χ1v) is 9.17. The van der Waals surface area contributed by atoms with E-state index in [0.717, 1.165) is 27.3 Å². The van der Waals surface area contributed by atoms with Crippen molar-refractivity contribution in [3.8, 4) is 11.3 Å². The summed E-state index contributed by atoms with van der Waals surface area (Å²) in [5, 5.41) is 7.34. The summed E-state index contributed by atoms with van der Waals surface area (Å²) in [5.41, 5.74) is 4.29. The highest BCUT2D eigenvalue weighted by Crippen LogP contribution is 2.28. The van der Waals surface area contributed by atoms with Gasteiger partial charge in [-0.3, -0.25) is 14.8 Å². The van der Waals surface area contributed by atoms with Gasteiger partial charge in [0.2, 0.25) is 0 Å². The summed E-state index contributed by atoms with van der Waals surface area (Å²) in [6.07, 6.45) is 1.59. The molecule has 0 unspecified atom stereocenters. The van der Waals surface area contributed by atoms with E-state index in [2.05, 4.69) is 44.6 Å². The van der Waals surface area contributed by atoms with Crippen LogP contribution < -0.4 is 10.2 Å². The van der Waals surface area contributed by atoms with Crippen LogP contribution in [0.15, 0.2) is 48.7 Å². The summed E-state index contributed by atoms with van der Waals surface area (Å²) in [7, 11) is 5.75. The molecule has 3 heterocycles. The van der Waals surface area contributed by atoms with Crippen LogP contribution in [0, 0.1) is 0 Å². The quantitative estimate of drug-likeness (QED) is 0.589. The molecule has 1 amide bonds. The number of benzene rings is 1. The Labute approximate surface area is 160 Å². The second-order valence-electron chi connectivity index (χ2n) is 6.28. The van der Waals surface area contributed by atoms with Gasteiger partial charge in [0, 0.05) is 38.6 Å². The number of thiazole rings is 1. The number of fused-ring (bicyclic) bond motifs is 1. The van der Waals surface area contributed by atoms with Gasteiger partial charge in [0.1, 0.15) is 16.0 Å². The van der Waals surface area contributed by atoms with Crippen LogP contribution in [-0.2, 0) is 7.05 Å². The van der Waals surface area contributed by atoms with Gasteiger partial charge in [0.25, 0.3) is 5.91 Å². The number of hydrogen-bond acceptors (Lipinski definition) is 6. The molecule has 0 aliphatic heterocycles. The van der Waals surface area contributed by atoms with E-state index >= 15 is 0 Å². The van der Waals surface area contributed by atoms with Crippen LogP contribution in [0.1, 0.15) is 10.5 Å². The van der Waals surface area contributed by atoms with E-state index in [4.69, 9.17) is 4.98 Å².